The quantitative estimate of drug-likeness (QED) is 0.841. The van der Waals surface area contributed by atoms with Crippen LogP contribution in [0.1, 0.15) is 11.6 Å². The van der Waals surface area contributed by atoms with Gasteiger partial charge in [-0.2, -0.15) is 4.31 Å². The van der Waals surface area contributed by atoms with E-state index in [1.165, 1.54) is 30.7 Å². The molecule has 1 atom stereocenters. The van der Waals surface area contributed by atoms with Crippen LogP contribution in [0.2, 0.25) is 5.02 Å². The molecule has 3 rings (SSSR count). The van der Waals surface area contributed by atoms with Gasteiger partial charge in [0.05, 0.1) is 25.2 Å². The highest BCUT2D eigenvalue weighted by atomic mass is 35.5. The molecule has 0 bridgehead atoms. The van der Waals surface area contributed by atoms with Gasteiger partial charge in [0.15, 0.2) is 0 Å². The first-order valence-corrected chi connectivity index (χ1v) is 9.99. The van der Waals surface area contributed by atoms with Crippen molar-refractivity contribution in [2.75, 3.05) is 33.9 Å². The summed E-state index contributed by atoms with van der Waals surface area (Å²) in [6, 6.07) is 11.6. The largest absolute Gasteiger partial charge is 0.497 e. The summed E-state index contributed by atoms with van der Waals surface area (Å²) in [4.78, 5) is 0.132. The summed E-state index contributed by atoms with van der Waals surface area (Å²) in [6.07, 6.45) is 0. The van der Waals surface area contributed by atoms with Gasteiger partial charge < -0.3 is 14.8 Å². The van der Waals surface area contributed by atoms with Crippen molar-refractivity contribution in [1.29, 1.82) is 0 Å². The lowest BCUT2D eigenvalue weighted by Crippen LogP contribution is -2.48. The molecule has 1 fully saturated rings. The fraction of sp³-hybridized carbons (Fsp3) is 0.333. The lowest BCUT2D eigenvalue weighted by atomic mass is 10.1. The van der Waals surface area contributed by atoms with Crippen LogP contribution in [0.15, 0.2) is 47.4 Å². The van der Waals surface area contributed by atoms with E-state index in [2.05, 4.69) is 5.32 Å². The normalized spacial score (nSPS) is 18.5. The van der Waals surface area contributed by atoms with E-state index in [1.54, 1.807) is 12.1 Å². The van der Waals surface area contributed by atoms with Crippen LogP contribution in [0.5, 0.6) is 11.5 Å². The van der Waals surface area contributed by atoms with Crippen molar-refractivity contribution in [3.05, 3.63) is 53.1 Å². The number of benzene rings is 2. The van der Waals surface area contributed by atoms with Gasteiger partial charge in [-0.05, 0) is 11.6 Å². The average Bonchev–Trinajstić information content (AvgIpc) is 2.68. The molecule has 1 heterocycles. The number of piperazine rings is 1. The summed E-state index contributed by atoms with van der Waals surface area (Å²) in [5.74, 6) is 0.847. The average molecular weight is 397 g/mol. The number of hydrogen-bond acceptors (Lipinski definition) is 5. The van der Waals surface area contributed by atoms with Gasteiger partial charge in [-0.15, -0.1) is 0 Å². The fourth-order valence-electron chi connectivity index (χ4n) is 3.05. The van der Waals surface area contributed by atoms with Crippen LogP contribution in [0.4, 0.5) is 0 Å². The Kier molecular flexibility index (Phi) is 5.72. The standard InChI is InChI=1S/C18H21ClN2O4S/c1-24-13-9-14(25-2)11-15(10-13)26(22,23)21-8-7-20-12-18(21)16-5-3-4-6-17(16)19/h3-6,9-11,18,20H,7-8,12H2,1-2H3. The molecule has 1 aliphatic heterocycles. The molecule has 26 heavy (non-hydrogen) atoms. The topological polar surface area (TPSA) is 67.9 Å². The van der Waals surface area contributed by atoms with E-state index in [4.69, 9.17) is 21.1 Å². The Morgan fingerprint density at radius 1 is 1.12 bits per heavy atom. The van der Waals surface area contributed by atoms with Crippen molar-refractivity contribution in [3.8, 4) is 11.5 Å². The maximum atomic E-state index is 13.4. The molecule has 8 heteroatoms. The number of methoxy groups -OCH3 is 2. The first kappa shape index (κ1) is 19.0. The van der Waals surface area contributed by atoms with Crippen LogP contribution in [-0.4, -0.2) is 46.6 Å². The minimum Gasteiger partial charge on any atom is -0.497 e. The Morgan fingerprint density at radius 2 is 1.77 bits per heavy atom. The van der Waals surface area contributed by atoms with E-state index < -0.39 is 10.0 Å². The van der Waals surface area contributed by atoms with Crippen molar-refractivity contribution in [2.45, 2.75) is 10.9 Å². The maximum Gasteiger partial charge on any atom is 0.243 e. The minimum atomic E-state index is -3.77. The first-order valence-electron chi connectivity index (χ1n) is 8.17. The number of halogens is 1. The van der Waals surface area contributed by atoms with Gasteiger partial charge in [-0.25, -0.2) is 8.42 Å². The van der Waals surface area contributed by atoms with Gasteiger partial charge in [-0.1, -0.05) is 29.8 Å². The Labute approximate surface area is 158 Å². The molecule has 1 saturated heterocycles. The monoisotopic (exact) mass is 396 g/mol. The number of ether oxygens (including phenoxy) is 2. The van der Waals surface area contributed by atoms with Crippen molar-refractivity contribution >= 4 is 21.6 Å². The van der Waals surface area contributed by atoms with Crippen molar-refractivity contribution in [3.63, 3.8) is 0 Å². The second kappa shape index (κ2) is 7.84. The van der Waals surface area contributed by atoms with E-state index in [9.17, 15) is 8.42 Å². The van der Waals surface area contributed by atoms with E-state index in [-0.39, 0.29) is 10.9 Å². The van der Waals surface area contributed by atoms with Crippen LogP contribution >= 0.6 is 11.6 Å². The number of hydrogen-bond donors (Lipinski definition) is 1. The SMILES string of the molecule is COc1cc(OC)cc(S(=O)(=O)N2CCNCC2c2ccccc2Cl)c1. The van der Waals surface area contributed by atoms with Gasteiger partial charge in [-0.3, -0.25) is 0 Å². The highest BCUT2D eigenvalue weighted by Gasteiger charge is 2.35. The molecule has 1 N–H and O–H groups in total. The minimum absolute atomic E-state index is 0.132. The highest BCUT2D eigenvalue weighted by Crippen LogP contribution is 2.34. The van der Waals surface area contributed by atoms with Crippen LogP contribution in [0.25, 0.3) is 0 Å². The van der Waals surface area contributed by atoms with Gasteiger partial charge >= 0.3 is 0 Å². The second-order valence-corrected chi connectivity index (χ2v) is 8.20. The highest BCUT2D eigenvalue weighted by molar-refractivity contribution is 7.89. The van der Waals surface area contributed by atoms with E-state index in [0.29, 0.717) is 36.2 Å². The molecule has 0 aromatic heterocycles. The summed E-state index contributed by atoms with van der Waals surface area (Å²) >= 11 is 6.33. The predicted octanol–water partition coefficient (Wildman–Crippen LogP) is 2.69. The number of rotatable bonds is 5. The third-order valence-electron chi connectivity index (χ3n) is 4.39. The van der Waals surface area contributed by atoms with Gasteiger partial charge in [0.2, 0.25) is 10.0 Å². The molecule has 0 aliphatic carbocycles. The zero-order valence-electron chi connectivity index (χ0n) is 14.6. The molecule has 140 valence electrons. The Bertz CT molecular complexity index is 866. The summed E-state index contributed by atoms with van der Waals surface area (Å²) < 4.78 is 38.6. The molecule has 0 radical (unpaired) electrons. The van der Waals surface area contributed by atoms with Crippen LogP contribution in [0.3, 0.4) is 0 Å². The van der Waals surface area contributed by atoms with E-state index in [1.807, 2.05) is 18.2 Å². The third kappa shape index (κ3) is 3.66. The summed E-state index contributed by atoms with van der Waals surface area (Å²) in [5.41, 5.74) is 0.778. The van der Waals surface area contributed by atoms with Gasteiger partial charge in [0.1, 0.15) is 11.5 Å². The summed E-state index contributed by atoms with van der Waals surface area (Å²) in [7, 11) is -0.789. The second-order valence-electron chi connectivity index (χ2n) is 5.91. The van der Waals surface area contributed by atoms with Gasteiger partial charge in [0, 0.05) is 42.9 Å². The van der Waals surface area contributed by atoms with Crippen LogP contribution in [0, 0.1) is 0 Å². The Balaban J connectivity index is 2.05. The van der Waals surface area contributed by atoms with Gasteiger partial charge in [0.25, 0.3) is 0 Å². The molecule has 2 aromatic carbocycles. The smallest absolute Gasteiger partial charge is 0.243 e. The van der Waals surface area contributed by atoms with E-state index >= 15 is 0 Å². The van der Waals surface area contributed by atoms with Crippen LogP contribution in [-0.2, 0) is 10.0 Å². The number of nitrogens with zero attached hydrogens (tertiary/aromatic N) is 1. The lowest BCUT2D eigenvalue weighted by molar-refractivity contribution is 0.271. The molecule has 0 amide bonds. The molecular weight excluding hydrogens is 376 g/mol. The Hall–Kier alpha value is -1.80. The Morgan fingerprint density at radius 3 is 2.38 bits per heavy atom. The van der Waals surface area contributed by atoms with Crippen molar-refractivity contribution < 1.29 is 17.9 Å². The summed E-state index contributed by atoms with van der Waals surface area (Å²) in [5, 5.41) is 3.79. The molecule has 2 aromatic rings. The lowest BCUT2D eigenvalue weighted by Gasteiger charge is -2.36. The number of sulfonamides is 1. The molecular formula is C18H21ClN2O4S. The first-order chi connectivity index (χ1) is 12.5. The van der Waals surface area contributed by atoms with E-state index in [0.717, 1.165) is 5.56 Å². The summed E-state index contributed by atoms with van der Waals surface area (Å²) in [6.45, 7) is 1.41. The molecule has 1 unspecified atom stereocenters. The van der Waals surface area contributed by atoms with Crippen LogP contribution < -0.4 is 14.8 Å². The zero-order valence-corrected chi connectivity index (χ0v) is 16.2. The fourth-order valence-corrected chi connectivity index (χ4v) is 4.97. The third-order valence-corrected chi connectivity index (χ3v) is 6.62. The molecule has 0 saturated carbocycles. The number of nitrogens with one attached hydrogen (secondary N) is 1. The van der Waals surface area contributed by atoms with Crippen molar-refractivity contribution in [2.24, 2.45) is 0 Å². The molecule has 1 aliphatic rings. The molecule has 0 spiro atoms. The zero-order chi connectivity index (χ0) is 18.7. The predicted molar refractivity (Wildman–Crippen MR) is 101 cm³/mol. The van der Waals surface area contributed by atoms with Crippen molar-refractivity contribution in [1.82, 2.24) is 9.62 Å². The molecule has 6 nitrogen and oxygen atoms in total. The maximum absolute atomic E-state index is 13.4.